The average Bonchev–Trinajstić information content (AvgIpc) is 3.96. The molecule has 8 aromatic rings. The highest BCUT2D eigenvalue weighted by molar-refractivity contribution is 8.14. The van der Waals surface area contributed by atoms with Crippen LogP contribution in [0.5, 0.6) is 23.0 Å². The largest absolute Gasteiger partial charge is 0.457 e. The molecule has 1 fully saturated rings. The summed E-state index contributed by atoms with van der Waals surface area (Å²) in [5.41, 5.74) is 13.1. The molecule has 0 N–H and O–H groups in total. The molecule has 0 saturated heterocycles. The minimum atomic E-state index is -0.147. The van der Waals surface area contributed by atoms with Crippen molar-refractivity contribution in [3.8, 4) is 45.3 Å². The van der Waals surface area contributed by atoms with Gasteiger partial charge in [-0.1, -0.05) is 97.1 Å². The SMILES string of the molecule is C[C@]12SC(c3ccc4c5c(ccc4c3)OCOc3ccc4ccccc4c3-5)=CC1=C1CCCC1=C1C=C(c3ccc4c5c(ccc4c3)OCOc3ccc4ccccc4c3-5)S[C@@]12C. The molecule has 8 aromatic carbocycles. The summed E-state index contributed by atoms with van der Waals surface area (Å²) in [4.78, 5) is 2.69. The Hall–Kier alpha value is -6.34. The van der Waals surface area contributed by atoms with Gasteiger partial charge >= 0.3 is 0 Å². The summed E-state index contributed by atoms with van der Waals surface area (Å²) < 4.78 is 24.5. The molecule has 0 bridgehead atoms. The fraction of sp³-hybridized carbons (Fsp3) is 0.158. The van der Waals surface area contributed by atoms with Crippen LogP contribution >= 0.6 is 23.5 Å². The van der Waals surface area contributed by atoms with Crippen molar-refractivity contribution < 1.29 is 18.9 Å². The molecule has 0 radical (unpaired) electrons. The zero-order valence-corrected chi connectivity index (χ0v) is 36.5. The van der Waals surface area contributed by atoms with Gasteiger partial charge in [0.1, 0.15) is 23.0 Å². The average molecular weight is 853 g/mol. The van der Waals surface area contributed by atoms with Gasteiger partial charge < -0.3 is 18.9 Å². The van der Waals surface area contributed by atoms with Gasteiger partial charge in [-0.25, -0.2) is 0 Å². The summed E-state index contributed by atoms with van der Waals surface area (Å²) in [6, 6.07) is 48.3. The van der Waals surface area contributed by atoms with Crippen molar-refractivity contribution in [2.45, 2.75) is 42.6 Å². The first-order chi connectivity index (χ1) is 30.9. The molecule has 4 heterocycles. The zero-order chi connectivity index (χ0) is 41.6. The number of ether oxygens (including phenoxy) is 4. The molecule has 63 heavy (non-hydrogen) atoms. The van der Waals surface area contributed by atoms with Crippen LogP contribution in [0.1, 0.15) is 44.2 Å². The second-order valence-corrected chi connectivity index (χ2v) is 20.7. The van der Waals surface area contributed by atoms with E-state index in [-0.39, 0.29) is 23.1 Å². The van der Waals surface area contributed by atoms with E-state index in [0.29, 0.717) is 0 Å². The van der Waals surface area contributed by atoms with Crippen LogP contribution in [0.3, 0.4) is 0 Å². The highest BCUT2D eigenvalue weighted by Crippen LogP contribution is 2.70. The van der Waals surface area contributed by atoms with E-state index in [2.05, 4.69) is 183 Å². The van der Waals surface area contributed by atoms with E-state index in [0.717, 1.165) is 58.1 Å². The molecule has 6 aliphatic rings. The summed E-state index contributed by atoms with van der Waals surface area (Å²) >= 11 is 4.12. The number of fused-ring (bicyclic) bond motifs is 18. The second kappa shape index (κ2) is 13.1. The Morgan fingerprint density at radius 2 is 0.794 bits per heavy atom. The van der Waals surface area contributed by atoms with Gasteiger partial charge in [0.05, 0.1) is 9.49 Å². The van der Waals surface area contributed by atoms with E-state index in [9.17, 15) is 0 Å². The van der Waals surface area contributed by atoms with E-state index < -0.39 is 0 Å². The maximum atomic E-state index is 6.24. The van der Waals surface area contributed by atoms with Crippen LogP contribution in [0.15, 0.2) is 168 Å². The molecule has 4 aliphatic heterocycles. The molecule has 0 amide bonds. The van der Waals surface area contributed by atoms with Gasteiger partial charge in [0.25, 0.3) is 0 Å². The first-order valence-electron chi connectivity index (χ1n) is 21.9. The normalized spacial score (nSPS) is 21.7. The molecule has 1 saturated carbocycles. The van der Waals surface area contributed by atoms with Crippen molar-refractivity contribution in [2.75, 3.05) is 13.6 Å². The van der Waals surface area contributed by atoms with Crippen molar-refractivity contribution in [2.24, 2.45) is 0 Å². The van der Waals surface area contributed by atoms with E-state index >= 15 is 0 Å². The molecular formula is C57H40O4S2. The highest BCUT2D eigenvalue weighted by atomic mass is 32.2. The Morgan fingerprint density at radius 3 is 1.22 bits per heavy atom. The molecular weight excluding hydrogens is 813 g/mol. The summed E-state index contributed by atoms with van der Waals surface area (Å²) in [5, 5.41) is 9.47. The highest BCUT2D eigenvalue weighted by Gasteiger charge is 2.59. The lowest BCUT2D eigenvalue weighted by Crippen LogP contribution is -2.47. The Kier molecular flexibility index (Phi) is 7.52. The van der Waals surface area contributed by atoms with Crippen LogP contribution in [-0.2, 0) is 0 Å². The van der Waals surface area contributed by atoms with Gasteiger partial charge in [-0.05, 0) is 158 Å². The molecule has 0 spiro atoms. The van der Waals surface area contributed by atoms with Crippen LogP contribution in [0.25, 0.3) is 75.2 Å². The van der Waals surface area contributed by atoms with Crippen LogP contribution in [0, 0.1) is 0 Å². The number of rotatable bonds is 2. The van der Waals surface area contributed by atoms with E-state index in [1.54, 1.807) is 11.1 Å². The van der Waals surface area contributed by atoms with Gasteiger partial charge in [0.15, 0.2) is 0 Å². The van der Waals surface area contributed by atoms with Crippen molar-refractivity contribution in [1.29, 1.82) is 0 Å². The van der Waals surface area contributed by atoms with Crippen LogP contribution in [0.4, 0.5) is 0 Å². The van der Waals surface area contributed by atoms with Gasteiger partial charge in [-0.15, -0.1) is 23.5 Å². The van der Waals surface area contributed by atoms with Gasteiger partial charge in [-0.3, -0.25) is 0 Å². The molecule has 304 valence electrons. The standard InChI is InChI=1S/C57H40O4S2/c1-56-44(28-50(62-56)36-14-20-40-34(26-36)18-24-48-54(40)52-38-10-5-3-8-32(38)16-22-46(52)58-30-60-48)42-12-7-13-43(42)45-29-51(63-57(45,56)2)37-15-21-41-35(27-37)19-25-49-55(41)53-39-11-6-4-9-33(39)17-23-47(53)59-31-61-49/h3-6,8-11,14-29H,7,12-13,30-31H2,1-2H3/t56-,57-/m0/s1. The van der Waals surface area contributed by atoms with Crippen LogP contribution in [-0.4, -0.2) is 23.1 Å². The van der Waals surface area contributed by atoms with Gasteiger partial charge in [-0.2, -0.15) is 0 Å². The molecule has 2 aliphatic carbocycles. The topological polar surface area (TPSA) is 36.9 Å². The van der Waals surface area contributed by atoms with Crippen molar-refractivity contribution in [1.82, 2.24) is 0 Å². The van der Waals surface area contributed by atoms with Crippen LogP contribution < -0.4 is 18.9 Å². The quantitative estimate of drug-likeness (QED) is 0.172. The van der Waals surface area contributed by atoms with E-state index in [1.165, 1.54) is 81.6 Å². The van der Waals surface area contributed by atoms with Crippen LogP contribution in [0.2, 0.25) is 0 Å². The maximum absolute atomic E-state index is 6.24. The third-order valence-electron chi connectivity index (χ3n) is 14.7. The predicted molar refractivity (Wildman–Crippen MR) is 262 cm³/mol. The first kappa shape index (κ1) is 36.2. The molecule has 14 rings (SSSR count). The van der Waals surface area contributed by atoms with Gasteiger partial charge in [0, 0.05) is 32.1 Å². The lowest BCUT2D eigenvalue weighted by molar-refractivity contribution is 0.124. The number of hydrogen-bond donors (Lipinski definition) is 0. The van der Waals surface area contributed by atoms with Gasteiger partial charge in [0.2, 0.25) is 13.6 Å². The summed E-state index contributed by atoms with van der Waals surface area (Å²) in [7, 11) is 0. The predicted octanol–water partition coefficient (Wildman–Crippen LogP) is 15.3. The molecule has 0 aromatic heterocycles. The van der Waals surface area contributed by atoms with Crippen molar-refractivity contribution in [3.63, 3.8) is 0 Å². The Morgan fingerprint density at radius 1 is 0.413 bits per heavy atom. The summed E-state index contributed by atoms with van der Waals surface area (Å²) in [6.07, 6.45) is 8.58. The monoisotopic (exact) mass is 852 g/mol. The smallest absolute Gasteiger partial charge is 0.230 e. The zero-order valence-electron chi connectivity index (χ0n) is 34.8. The number of hydrogen-bond acceptors (Lipinski definition) is 6. The number of thioether (sulfide) groups is 2. The lowest BCUT2D eigenvalue weighted by Gasteiger charge is -2.47. The van der Waals surface area contributed by atoms with Crippen molar-refractivity contribution >= 4 is 76.4 Å². The fourth-order valence-electron chi connectivity index (χ4n) is 11.5. The van der Waals surface area contributed by atoms with Crippen molar-refractivity contribution in [3.05, 3.63) is 179 Å². The maximum Gasteiger partial charge on any atom is 0.230 e. The third-order valence-corrected chi connectivity index (χ3v) is 18.0. The van der Waals surface area contributed by atoms with E-state index in [1.807, 2.05) is 0 Å². The third kappa shape index (κ3) is 5.02. The Labute approximate surface area is 373 Å². The minimum absolute atomic E-state index is 0.147. The molecule has 4 nitrogen and oxygen atoms in total. The molecule has 6 heteroatoms. The summed E-state index contributed by atoms with van der Waals surface area (Å²) in [6.45, 7) is 5.41. The minimum Gasteiger partial charge on any atom is -0.457 e. The Balaban J connectivity index is 0.842. The first-order valence-corrected chi connectivity index (χ1v) is 23.6. The second-order valence-electron chi connectivity index (χ2n) is 17.8. The Bertz CT molecular complexity index is 3310. The molecule has 0 unspecified atom stereocenters. The number of allylic oxidation sites excluding steroid dienone is 4. The number of benzene rings is 8. The fourth-order valence-corrected chi connectivity index (χ4v) is 14.6. The summed E-state index contributed by atoms with van der Waals surface area (Å²) in [5.74, 6) is 3.43. The molecule has 2 atom stereocenters. The lowest BCUT2D eigenvalue weighted by atomic mass is 9.72. The van der Waals surface area contributed by atoms with E-state index in [4.69, 9.17) is 18.9 Å².